The molecule has 2 unspecified atom stereocenters. The van der Waals surface area contributed by atoms with E-state index >= 15 is 0 Å². The van der Waals surface area contributed by atoms with Crippen molar-refractivity contribution in [2.24, 2.45) is 0 Å². The van der Waals surface area contributed by atoms with Crippen molar-refractivity contribution in [3.05, 3.63) is 42.4 Å². The molecule has 204 valence electrons. The van der Waals surface area contributed by atoms with Crippen LogP contribution in [-0.2, 0) is 9.53 Å². The summed E-state index contributed by atoms with van der Waals surface area (Å²) < 4.78 is 9.43. The van der Waals surface area contributed by atoms with E-state index in [0.717, 1.165) is 65.2 Å². The third kappa shape index (κ3) is 4.50. The number of benzene rings is 1. The van der Waals surface area contributed by atoms with Gasteiger partial charge >= 0.3 is 0 Å². The lowest BCUT2D eigenvalue weighted by Gasteiger charge is -2.45. The molecular formula is C28H35N9O2. The van der Waals surface area contributed by atoms with E-state index in [4.69, 9.17) is 10.5 Å². The van der Waals surface area contributed by atoms with Gasteiger partial charge in [-0.1, -0.05) is 5.21 Å². The molecule has 39 heavy (non-hydrogen) atoms. The average molecular weight is 530 g/mol. The number of rotatable bonds is 4. The fourth-order valence-electron chi connectivity index (χ4n) is 6.35. The van der Waals surface area contributed by atoms with Gasteiger partial charge in [-0.05, 0) is 63.4 Å². The monoisotopic (exact) mass is 529 g/mol. The van der Waals surface area contributed by atoms with Gasteiger partial charge in [0.2, 0.25) is 5.91 Å². The second-order valence-corrected chi connectivity index (χ2v) is 10.8. The Morgan fingerprint density at radius 1 is 1.05 bits per heavy atom. The third-order valence-electron chi connectivity index (χ3n) is 7.98. The Labute approximate surface area is 227 Å². The molecule has 2 aliphatic rings. The summed E-state index contributed by atoms with van der Waals surface area (Å²) >= 11 is 0. The van der Waals surface area contributed by atoms with E-state index in [1.165, 1.54) is 6.33 Å². The van der Waals surface area contributed by atoms with Gasteiger partial charge in [0.15, 0.2) is 5.82 Å². The fraction of sp³-hybridized carbons (Fsp3) is 0.464. The number of hydrogen-bond acceptors (Lipinski definition) is 8. The highest BCUT2D eigenvalue weighted by molar-refractivity contribution is 5.91. The van der Waals surface area contributed by atoms with Gasteiger partial charge in [0.25, 0.3) is 0 Å². The van der Waals surface area contributed by atoms with Crippen LogP contribution in [-0.4, -0.2) is 78.8 Å². The van der Waals surface area contributed by atoms with E-state index < -0.39 is 0 Å². The molecule has 2 aliphatic heterocycles. The predicted octanol–water partition coefficient (Wildman–Crippen LogP) is 3.34. The van der Waals surface area contributed by atoms with Gasteiger partial charge in [-0.3, -0.25) is 4.79 Å². The van der Waals surface area contributed by atoms with Crippen molar-refractivity contribution in [3.8, 4) is 22.5 Å². The minimum atomic E-state index is 0.124. The summed E-state index contributed by atoms with van der Waals surface area (Å²) in [6.07, 6.45) is 5.05. The van der Waals surface area contributed by atoms with E-state index in [1.807, 2.05) is 14.1 Å². The van der Waals surface area contributed by atoms with Gasteiger partial charge in [0, 0.05) is 62.1 Å². The number of nitrogens with zero attached hydrogens (tertiary/aromatic N) is 8. The first kappa shape index (κ1) is 25.3. The van der Waals surface area contributed by atoms with Crippen molar-refractivity contribution in [2.75, 3.05) is 36.9 Å². The Morgan fingerprint density at radius 3 is 2.51 bits per heavy atom. The molecule has 1 aromatic carbocycles. The summed E-state index contributed by atoms with van der Waals surface area (Å²) in [5.41, 5.74) is 13.2. The lowest BCUT2D eigenvalue weighted by Crippen LogP contribution is -2.58. The third-order valence-corrected chi connectivity index (χ3v) is 7.98. The van der Waals surface area contributed by atoms with Crippen LogP contribution in [0.3, 0.4) is 0 Å². The number of carbonyl (C=O) groups excluding carboxylic acids is 1. The normalized spacial score (nSPS) is 20.6. The minimum absolute atomic E-state index is 0.124. The van der Waals surface area contributed by atoms with Crippen LogP contribution in [0.2, 0.25) is 0 Å². The summed E-state index contributed by atoms with van der Waals surface area (Å²) in [6.45, 7) is 11.0. The Balaban J connectivity index is 1.44. The molecule has 2 saturated heterocycles. The van der Waals surface area contributed by atoms with E-state index in [9.17, 15) is 4.79 Å². The van der Waals surface area contributed by atoms with E-state index in [0.29, 0.717) is 19.0 Å². The molecule has 0 bridgehead atoms. The van der Waals surface area contributed by atoms with Crippen LogP contribution in [0.25, 0.3) is 28.0 Å². The number of aryl methyl sites for hydroxylation is 1. The smallest absolute Gasteiger partial charge is 0.220 e. The van der Waals surface area contributed by atoms with Gasteiger partial charge in [0.05, 0.1) is 23.6 Å². The SMILES string of the molecule is CC(=O)N1C(C)CN(c2cc(C)cc(-c3cc(-c4cnnn4C4CCOCC4)c4c(N)ncnn34)c2)CC1C. The second kappa shape index (κ2) is 9.96. The number of aromatic nitrogens is 6. The number of nitrogens with two attached hydrogens (primary N) is 1. The van der Waals surface area contributed by atoms with Gasteiger partial charge in [-0.15, -0.1) is 5.10 Å². The Kier molecular flexibility index (Phi) is 6.46. The highest BCUT2D eigenvalue weighted by atomic mass is 16.5. The first-order valence-electron chi connectivity index (χ1n) is 13.6. The molecule has 0 spiro atoms. The zero-order valence-corrected chi connectivity index (χ0v) is 22.9. The molecular weight excluding hydrogens is 494 g/mol. The average Bonchev–Trinajstić information content (AvgIpc) is 3.54. The van der Waals surface area contributed by atoms with Crippen molar-refractivity contribution < 1.29 is 9.53 Å². The van der Waals surface area contributed by atoms with Crippen molar-refractivity contribution in [1.29, 1.82) is 0 Å². The summed E-state index contributed by atoms with van der Waals surface area (Å²) in [5, 5.41) is 13.3. The standard InChI is InChI=1S/C28H35N9O2/c1-17-9-21(11-23(10-17)34-14-18(2)35(20(4)38)19(3)15-34)25-12-24(27-28(29)30-16-32-37(25)27)26-13-31-33-36(26)22-5-7-39-8-6-22/h9-13,16,18-19,22H,5-8,14-15H2,1-4H3,(H2,29,30,32). The Hall–Kier alpha value is -3.99. The number of nitrogen functional groups attached to an aromatic ring is 1. The molecule has 0 aliphatic carbocycles. The van der Waals surface area contributed by atoms with E-state index in [-0.39, 0.29) is 24.0 Å². The highest BCUT2D eigenvalue weighted by Gasteiger charge is 2.31. The molecule has 1 amide bonds. The molecule has 2 fully saturated rings. The van der Waals surface area contributed by atoms with Crippen molar-refractivity contribution in [2.45, 2.75) is 58.7 Å². The van der Waals surface area contributed by atoms with Crippen LogP contribution in [0, 0.1) is 6.92 Å². The molecule has 3 aromatic heterocycles. The molecule has 4 aromatic rings. The van der Waals surface area contributed by atoms with Crippen molar-refractivity contribution in [1.82, 2.24) is 34.5 Å². The fourth-order valence-corrected chi connectivity index (χ4v) is 6.35. The first-order valence-corrected chi connectivity index (χ1v) is 13.6. The number of hydrogen-bond donors (Lipinski definition) is 1. The molecule has 2 N–H and O–H groups in total. The number of ether oxygens (including phenoxy) is 1. The molecule has 2 atom stereocenters. The van der Waals surface area contributed by atoms with Crippen LogP contribution in [0.5, 0.6) is 0 Å². The van der Waals surface area contributed by atoms with E-state index in [2.05, 4.69) is 70.3 Å². The predicted molar refractivity (Wildman–Crippen MR) is 149 cm³/mol. The molecule has 11 heteroatoms. The topological polar surface area (TPSA) is 120 Å². The maximum absolute atomic E-state index is 12.2. The molecule has 6 rings (SSSR count). The van der Waals surface area contributed by atoms with Crippen molar-refractivity contribution in [3.63, 3.8) is 0 Å². The van der Waals surface area contributed by atoms with Crippen LogP contribution in [0.15, 0.2) is 36.8 Å². The molecule has 0 radical (unpaired) electrons. The molecule has 5 heterocycles. The van der Waals surface area contributed by atoms with Crippen LogP contribution < -0.4 is 10.6 Å². The summed E-state index contributed by atoms with van der Waals surface area (Å²) in [5.74, 6) is 0.528. The lowest BCUT2D eigenvalue weighted by molar-refractivity contribution is -0.133. The van der Waals surface area contributed by atoms with Gasteiger partial charge in [-0.25, -0.2) is 14.2 Å². The van der Waals surface area contributed by atoms with E-state index in [1.54, 1.807) is 13.1 Å². The molecule has 0 saturated carbocycles. The minimum Gasteiger partial charge on any atom is -0.382 e. The zero-order chi connectivity index (χ0) is 27.3. The summed E-state index contributed by atoms with van der Waals surface area (Å²) in [7, 11) is 0. The number of piperazine rings is 1. The summed E-state index contributed by atoms with van der Waals surface area (Å²) in [4.78, 5) is 20.9. The zero-order valence-electron chi connectivity index (χ0n) is 22.9. The Bertz CT molecular complexity index is 1510. The summed E-state index contributed by atoms with van der Waals surface area (Å²) in [6, 6.07) is 9.16. The van der Waals surface area contributed by atoms with Crippen molar-refractivity contribution >= 4 is 22.9 Å². The number of fused-ring (bicyclic) bond motifs is 1. The number of anilines is 2. The van der Waals surface area contributed by atoms with Gasteiger partial charge < -0.3 is 20.3 Å². The van der Waals surface area contributed by atoms with Crippen LogP contribution >= 0.6 is 0 Å². The van der Waals surface area contributed by atoms with Gasteiger partial charge in [-0.2, -0.15) is 5.10 Å². The van der Waals surface area contributed by atoms with Crippen LogP contribution in [0.4, 0.5) is 11.5 Å². The number of amides is 1. The highest BCUT2D eigenvalue weighted by Crippen LogP contribution is 2.38. The maximum atomic E-state index is 12.2. The lowest BCUT2D eigenvalue weighted by atomic mass is 10.0. The molecule has 11 nitrogen and oxygen atoms in total. The first-order chi connectivity index (χ1) is 18.8. The maximum Gasteiger partial charge on any atom is 0.220 e. The largest absolute Gasteiger partial charge is 0.382 e. The van der Waals surface area contributed by atoms with Gasteiger partial charge in [0.1, 0.15) is 11.8 Å². The second-order valence-electron chi connectivity index (χ2n) is 10.8. The van der Waals surface area contributed by atoms with Crippen LogP contribution in [0.1, 0.15) is 45.2 Å². The quantitative estimate of drug-likeness (QED) is 0.428. The Morgan fingerprint density at radius 2 is 1.79 bits per heavy atom. The number of carbonyl (C=O) groups is 1.